The normalized spacial score (nSPS) is 10.7. The summed E-state index contributed by atoms with van der Waals surface area (Å²) in [6, 6.07) is 15.5. The summed E-state index contributed by atoms with van der Waals surface area (Å²) < 4.78 is 18.8. The highest BCUT2D eigenvalue weighted by Crippen LogP contribution is 2.25. The van der Waals surface area contributed by atoms with Crippen LogP contribution in [-0.2, 0) is 6.54 Å². The topological polar surface area (TPSA) is 48.1 Å². The molecule has 2 aromatic carbocycles. The van der Waals surface area contributed by atoms with Crippen LogP contribution in [0.15, 0.2) is 54.6 Å². The van der Waals surface area contributed by atoms with Crippen LogP contribution in [0.1, 0.15) is 5.56 Å². The quantitative estimate of drug-likeness (QED) is 0.789. The monoisotopic (exact) mass is 268 g/mol. The summed E-state index contributed by atoms with van der Waals surface area (Å²) in [5.74, 6) is 0.479. The molecule has 4 heteroatoms. The minimum atomic E-state index is -0.345. The lowest BCUT2D eigenvalue weighted by atomic mass is 10.1. The number of para-hydroxylation sites is 1. The number of aromatic nitrogens is 1. The van der Waals surface area contributed by atoms with Crippen LogP contribution in [0.2, 0.25) is 0 Å². The molecule has 20 heavy (non-hydrogen) atoms. The maximum absolute atomic E-state index is 13.1. The van der Waals surface area contributed by atoms with Crippen molar-refractivity contribution in [3.05, 3.63) is 66.0 Å². The zero-order valence-corrected chi connectivity index (χ0v) is 10.7. The number of fused-ring (bicyclic) bond motifs is 1. The molecular formula is C16H13FN2O. The zero-order chi connectivity index (χ0) is 13.9. The van der Waals surface area contributed by atoms with Crippen molar-refractivity contribution in [1.29, 1.82) is 0 Å². The summed E-state index contributed by atoms with van der Waals surface area (Å²) in [4.78, 5) is 4.41. The smallest absolute Gasteiger partial charge is 0.220 e. The number of hydrogen-bond donors (Lipinski definition) is 1. The number of ether oxygens (including phenoxy) is 1. The van der Waals surface area contributed by atoms with Gasteiger partial charge in [-0.2, -0.15) is 0 Å². The summed E-state index contributed by atoms with van der Waals surface area (Å²) in [7, 11) is 0. The van der Waals surface area contributed by atoms with Gasteiger partial charge in [0.25, 0.3) is 0 Å². The third-order valence-corrected chi connectivity index (χ3v) is 3.02. The van der Waals surface area contributed by atoms with Gasteiger partial charge in [-0.3, -0.25) is 0 Å². The van der Waals surface area contributed by atoms with Gasteiger partial charge in [-0.25, -0.2) is 9.37 Å². The summed E-state index contributed by atoms with van der Waals surface area (Å²) in [5, 5.41) is 1.00. The van der Waals surface area contributed by atoms with Gasteiger partial charge < -0.3 is 10.5 Å². The Morgan fingerprint density at radius 1 is 1.05 bits per heavy atom. The number of hydrogen-bond acceptors (Lipinski definition) is 3. The molecule has 1 aromatic heterocycles. The highest BCUT2D eigenvalue weighted by molar-refractivity contribution is 5.82. The molecule has 0 aliphatic rings. The second kappa shape index (κ2) is 5.27. The van der Waals surface area contributed by atoms with E-state index in [1.807, 2.05) is 24.3 Å². The third-order valence-electron chi connectivity index (χ3n) is 3.02. The van der Waals surface area contributed by atoms with E-state index < -0.39 is 0 Å². The summed E-state index contributed by atoms with van der Waals surface area (Å²) in [6.45, 7) is 0.391. The first-order chi connectivity index (χ1) is 9.76. The van der Waals surface area contributed by atoms with Crippen molar-refractivity contribution in [2.45, 2.75) is 6.54 Å². The maximum Gasteiger partial charge on any atom is 0.220 e. The summed E-state index contributed by atoms with van der Waals surface area (Å²) in [6.07, 6.45) is 0. The summed E-state index contributed by atoms with van der Waals surface area (Å²) in [5.41, 5.74) is 7.51. The highest BCUT2D eigenvalue weighted by Gasteiger charge is 2.06. The fourth-order valence-electron chi connectivity index (χ4n) is 2.09. The molecule has 0 aliphatic heterocycles. The predicted octanol–water partition coefficient (Wildman–Crippen LogP) is 3.62. The maximum atomic E-state index is 13.1. The van der Waals surface area contributed by atoms with Gasteiger partial charge in [0, 0.05) is 24.1 Å². The molecule has 0 fully saturated rings. The van der Waals surface area contributed by atoms with Gasteiger partial charge >= 0.3 is 0 Å². The Morgan fingerprint density at radius 3 is 2.70 bits per heavy atom. The minimum absolute atomic E-state index is 0.345. The largest absolute Gasteiger partial charge is 0.439 e. The van der Waals surface area contributed by atoms with Crippen LogP contribution in [0.3, 0.4) is 0 Å². The van der Waals surface area contributed by atoms with Gasteiger partial charge in [0.05, 0.1) is 5.52 Å². The molecule has 0 saturated heterocycles. The van der Waals surface area contributed by atoms with Gasteiger partial charge in [0.2, 0.25) is 5.88 Å². The molecule has 3 aromatic rings. The van der Waals surface area contributed by atoms with Crippen LogP contribution >= 0.6 is 0 Å². The van der Waals surface area contributed by atoms with Crippen LogP contribution in [0.5, 0.6) is 11.6 Å². The van der Waals surface area contributed by atoms with E-state index in [9.17, 15) is 4.39 Å². The zero-order valence-electron chi connectivity index (χ0n) is 10.7. The molecule has 0 bridgehead atoms. The molecule has 0 saturated carbocycles. The predicted molar refractivity (Wildman–Crippen MR) is 76.1 cm³/mol. The Labute approximate surface area is 115 Å². The Balaban J connectivity index is 2.03. The molecule has 0 radical (unpaired) electrons. The van der Waals surface area contributed by atoms with Gasteiger partial charge in [-0.05, 0) is 23.8 Å². The Hall–Kier alpha value is -2.46. The van der Waals surface area contributed by atoms with Gasteiger partial charge in [-0.1, -0.05) is 24.3 Å². The van der Waals surface area contributed by atoms with Crippen molar-refractivity contribution in [1.82, 2.24) is 4.98 Å². The van der Waals surface area contributed by atoms with Gasteiger partial charge in [0.15, 0.2) is 0 Å². The lowest BCUT2D eigenvalue weighted by Crippen LogP contribution is -2.00. The van der Waals surface area contributed by atoms with Crippen molar-refractivity contribution in [2.24, 2.45) is 5.73 Å². The number of halogens is 1. The fraction of sp³-hybridized carbons (Fsp3) is 0.0625. The molecule has 0 spiro atoms. The van der Waals surface area contributed by atoms with Crippen LogP contribution in [0.4, 0.5) is 4.39 Å². The molecule has 2 N–H and O–H groups in total. The third kappa shape index (κ3) is 2.46. The number of nitrogens with zero attached hydrogens (tertiary/aromatic N) is 1. The van der Waals surface area contributed by atoms with Crippen LogP contribution in [0.25, 0.3) is 10.9 Å². The Bertz CT molecular complexity index is 758. The van der Waals surface area contributed by atoms with E-state index in [-0.39, 0.29) is 5.82 Å². The molecule has 100 valence electrons. The molecule has 0 unspecified atom stereocenters. The molecule has 3 rings (SSSR count). The lowest BCUT2D eigenvalue weighted by molar-refractivity contribution is 0.459. The first kappa shape index (κ1) is 12.6. The van der Waals surface area contributed by atoms with Crippen molar-refractivity contribution in [2.75, 3.05) is 0 Å². The van der Waals surface area contributed by atoms with E-state index in [0.717, 1.165) is 16.5 Å². The molecule has 3 nitrogen and oxygen atoms in total. The molecule has 1 heterocycles. The van der Waals surface area contributed by atoms with Crippen LogP contribution in [-0.4, -0.2) is 4.98 Å². The standard InChI is InChI=1S/C16H13FN2O/c17-12-4-3-5-13(9-12)20-16-8-11(10-18)14-6-1-2-7-15(14)19-16/h1-9H,10,18H2. The van der Waals surface area contributed by atoms with E-state index in [1.165, 1.54) is 12.1 Å². The van der Waals surface area contributed by atoms with E-state index in [4.69, 9.17) is 10.5 Å². The van der Waals surface area contributed by atoms with Crippen LogP contribution in [0, 0.1) is 5.82 Å². The molecule has 0 atom stereocenters. The van der Waals surface area contributed by atoms with E-state index >= 15 is 0 Å². The van der Waals surface area contributed by atoms with E-state index in [1.54, 1.807) is 18.2 Å². The van der Waals surface area contributed by atoms with Crippen molar-refractivity contribution >= 4 is 10.9 Å². The van der Waals surface area contributed by atoms with Gasteiger partial charge in [0.1, 0.15) is 11.6 Å². The first-order valence-corrected chi connectivity index (χ1v) is 6.28. The Morgan fingerprint density at radius 2 is 1.90 bits per heavy atom. The van der Waals surface area contributed by atoms with Gasteiger partial charge in [-0.15, -0.1) is 0 Å². The average molecular weight is 268 g/mol. The van der Waals surface area contributed by atoms with Crippen molar-refractivity contribution in [3.8, 4) is 11.6 Å². The van der Waals surface area contributed by atoms with E-state index in [2.05, 4.69) is 4.98 Å². The number of pyridine rings is 1. The second-order valence-corrected chi connectivity index (χ2v) is 4.40. The lowest BCUT2D eigenvalue weighted by Gasteiger charge is -2.09. The highest BCUT2D eigenvalue weighted by atomic mass is 19.1. The van der Waals surface area contributed by atoms with Crippen molar-refractivity contribution in [3.63, 3.8) is 0 Å². The summed E-state index contributed by atoms with van der Waals surface area (Å²) >= 11 is 0. The van der Waals surface area contributed by atoms with Crippen LogP contribution < -0.4 is 10.5 Å². The van der Waals surface area contributed by atoms with Crippen molar-refractivity contribution < 1.29 is 9.13 Å². The first-order valence-electron chi connectivity index (χ1n) is 6.28. The molecule has 0 aliphatic carbocycles. The fourth-order valence-corrected chi connectivity index (χ4v) is 2.09. The number of rotatable bonds is 3. The molecule has 0 amide bonds. The minimum Gasteiger partial charge on any atom is -0.439 e. The average Bonchev–Trinajstić information content (AvgIpc) is 2.46. The second-order valence-electron chi connectivity index (χ2n) is 4.40. The molecular weight excluding hydrogens is 255 g/mol. The van der Waals surface area contributed by atoms with E-state index in [0.29, 0.717) is 18.2 Å². The SMILES string of the molecule is NCc1cc(Oc2cccc(F)c2)nc2ccccc12. The number of nitrogens with two attached hydrogens (primary N) is 1. The number of benzene rings is 2. The Kier molecular flexibility index (Phi) is 3.31.